The van der Waals surface area contributed by atoms with Crippen LogP contribution in [0.1, 0.15) is 19.3 Å². The van der Waals surface area contributed by atoms with Crippen LogP contribution in [0.15, 0.2) is 30.3 Å². The second kappa shape index (κ2) is 10.5. The molecule has 6 nitrogen and oxygen atoms in total. The minimum atomic E-state index is -0.107. The smallest absolute Gasteiger partial charge is 0.252 e. The predicted molar refractivity (Wildman–Crippen MR) is 119 cm³/mol. The van der Waals surface area contributed by atoms with Crippen LogP contribution in [-0.2, 0) is 4.79 Å². The molecule has 0 radical (unpaired) electrons. The molecule has 1 aliphatic heterocycles. The van der Waals surface area contributed by atoms with Crippen molar-refractivity contribution in [3.8, 4) is 0 Å². The molecule has 1 aromatic carbocycles. The molecule has 1 aromatic rings. The summed E-state index contributed by atoms with van der Waals surface area (Å²) in [6.45, 7) is 3.85. The zero-order chi connectivity index (χ0) is 19.9. The lowest BCUT2D eigenvalue weighted by Gasteiger charge is -2.35. The fourth-order valence-corrected chi connectivity index (χ4v) is 4.62. The molecule has 28 heavy (non-hydrogen) atoms. The zero-order valence-corrected chi connectivity index (χ0v) is 18.1. The van der Waals surface area contributed by atoms with Crippen molar-refractivity contribution in [1.82, 2.24) is 21.1 Å². The van der Waals surface area contributed by atoms with E-state index in [-0.39, 0.29) is 22.7 Å². The van der Waals surface area contributed by atoms with Crippen molar-refractivity contribution >= 4 is 52.1 Å². The third kappa shape index (κ3) is 6.37. The SMILES string of the molecule is O=C(CN1CCN(c2ccccc2)CC1)NNC(=S)NC1CCC(Cl)CC1Cl. The second-order valence-corrected chi connectivity index (χ2v) is 8.86. The number of anilines is 1. The van der Waals surface area contributed by atoms with Crippen LogP contribution in [0.4, 0.5) is 5.69 Å². The summed E-state index contributed by atoms with van der Waals surface area (Å²) in [4.78, 5) is 16.7. The Bertz CT molecular complexity index is 657. The molecule has 3 N–H and O–H groups in total. The van der Waals surface area contributed by atoms with Gasteiger partial charge in [-0.3, -0.25) is 20.5 Å². The maximum absolute atomic E-state index is 12.2. The van der Waals surface area contributed by atoms with Gasteiger partial charge in [-0.2, -0.15) is 0 Å². The van der Waals surface area contributed by atoms with E-state index < -0.39 is 0 Å². The highest BCUT2D eigenvalue weighted by Crippen LogP contribution is 2.27. The Kier molecular flexibility index (Phi) is 8.02. The van der Waals surface area contributed by atoms with Crippen molar-refractivity contribution < 1.29 is 4.79 Å². The summed E-state index contributed by atoms with van der Waals surface area (Å²) in [5, 5.41) is 3.61. The molecule has 0 aromatic heterocycles. The Morgan fingerprint density at radius 1 is 1.07 bits per heavy atom. The molecule has 3 unspecified atom stereocenters. The topological polar surface area (TPSA) is 59.6 Å². The zero-order valence-electron chi connectivity index (χ0n) is 15.7. The highest BCUT2D eigenvalue weighted by molar-refractivity contribution is 7.80. The number of benzene rings is 1. The number of piperazine rings is 1. The Hall–Kier alpha value is -1.28. The summed E-state index contributed by atoms with van der Waals surface area (Å²) < 4.78 is 0. The van der Waals surface area contributed by atoms with Crippen LogP contribution in [0.25, 0.3) is 0 Å². The van der Waals surface area contributed by atoms with E-state index in [2.05, 4.69) is 38.1 Å². The van der Waals surface area contributed by atoms with E-state index in [4.69, 9.17) is 35.4 Å². The van der Waals surface area contributed by atoms with Crippen LogP contribution in [0.2, 0.25) is 0 Å². The number of nitrogens with one attached hydrogen (secondary N) is 3. The number of para-hydroxylation sites is 1. The Morgan fingerprint density at radius 2 is 1.79 bits per heavy atom. The minimum Gasteiger partial charge on any atom is -0.369 e. The van der Waals surface area contributed by atoms with Crippen LogP contribution < -0.4 is 21.1 Å². The average molecular weight is 444 g/mol. The number of alkyl halides is 2. The van der Waals surface area contributed by atoms with Gasteiger partial charge in [0.25, 0.3) is 5.91 Å². The van der Waals surface area contributed by atoms with Crippen LogP contribution in [0, 0.1) is 0 Å². The number of rotatable bonds is 4. The number of halogens is 2. The van der Waals surface area contributed by atoms with Crippen molar-refractivity contribution in [2.24, 2.45) is 0 Å². The van der Waals surface area contributed by atoms with Crippen LogP contribution >= 0.6 is 35.4 Å². The molecule has 2 aliphatic rings. The molecule has 1 amide bonds. The normalized spacial score (nSPS) is 25.8. The van der Waals surface area contributed by atoms with Gasteiger partial charge in [0.1, 0.15) is 0 Å². The average Bonchev–Trinajstić information content (AvgIpc) is 2.70. The van der Waals surface area contributed by atoms with Crippen LogP contribution in [-0.4, -0.2) is 65.4 Å². The van der Waals surface area contributed by atoms with Gasteiger partial charge in [-0.1, -0.05) is 18.2 Å². The monoisotopic (exact) mass is 443 g/mol. The third-order valence-corrected chi connectivity index (χ3v) is 6.30. The van der Waals surface area contributed by atoms with Gasteiger partial charge < -0.3 is 10.2 Å². The van der Waals surface area contributed by atoms with Crippen molar-refractivity contribution in [3.05, 3.63) is 30.3 Å². The van der Waals surface area contributed by atoms with E-state index in [1.165, 1.54) is 5.69 Å². The first-order chi connectivity index (χ1) is 13.5. The van der Waals surface area contributed by atoms with Crippen molar-refractivity contribution in [3.63, 3.8) is 0 Å². The van der Waals surface area contributed by atoms with E-state index in [0.29, 0.717) is 11.7 Å². The number of carbonyl (C=O) groups excluding carboxylic acids is 1. The maximum Gasteiger partial charge on any atom is 0.252 e. The quantitative estimate of drug-likeness (QED) is 0.376. The van der Waals surface area contributed by atoms with E-state index in [9.17, 15) is 4.79 Å². The van der Waals surface area contributed by atoms with Crippen LogP contribution in [0.5, 0.6) is 0 Å². The number of hydrogen-bond donors (Lipinski definition) is 3. The Morgan fingerprint density at radius 3 is 2.46 bits per heavy atom. The molecule has 1 saturated heterocycles. The molecule has 3 rings (SSSR count). The molecule has 0 spiro atoms. The van der Waals surface area contributed by atoms with E-state index in [1.807, 2.05) is 18.2 Å². The minimum absolute atomic E-state index is 0.0624. The molecule has 1 aliphatic carbocycles. The molecule has 3 atom stereocenters. The number of thiocarbonyl (C=S) groups is 1. The molecular weight excluding hydrogens is 417 g/mol. The largest absolute Gasteiger partial charge is 0.369 e. The number of nitrogens with zero attached hydrogens (tertiary/aromatic N) is 2. The van der Waals surface area contributed by atoms with Crippen molar-refractivity contribution in [2.75, 3.05) is 37.6 Å². The molecule has 2 fully saturated rings. The Labute approximate surface area is 181 Å². The first-order valence-electron chi connectivity index (χ1n) is 9.67. The van der Waals surface area contributed by atoms with Gasteiger partial charge in [0.15, 0.2) is 5.11 Å². The molecule has 154 valence electrons. The van der Waals surface area contributed by atoms with Gasteiger partial charge in [-0.05, 0) is 43.6 Å². The molecule has 0 bridgehead atoms. The van der Waals surface area contributed by atoms with Gasteiger partial charge in [0.05, 0.1) is 11.9 Å². The first kappa shape index (κ1) is 21.4. The predicted octanol–water partition coefficient (Wildman–Crippen LogP) is 2.07. The van der Waals surface area contributed by atoms with Crippen molar-refractivity contribution in [2.45, 2.75) is 36.1 Å². The molecule has 9 heteroatoms. The number of amides is 1. The highest BCUT2D eigenvalue weighted by Gasteiger charge is 2.28. The van der Waals surface area contributed by atoms with Crippen molar-refractivity contribution in [1.29, 1.82) is 0 Å². The molecule has 1 saturated carbocycles. The first-order valence-corrected chi connectivity index (χ1v) is 10.9. The summed E-state index contributed by atoms with van der Waals surface area (Å²) in [6, 6.07) is 10.4. The lowest BCUT2D eigenvalue weighted by atomic mass is 9.94. The molecule has 1 heterocycles. The van der Waals surface area contributed by atoms with E-state index in [1.54, 1.807) is 0 Å². The lowest BCUT2D eigenvalue weighted by Crippen LogP contribution is -2.55. The fraction of sp³-hybridized carbons (Fsp3) is 0.579. The maximum atomic E-state index is 12.2. The lowest BCUT2D eigenvalue weighted by molar-refractivity contribution is -0.122. The van der Waals surface area contributed by atoms with E-state index >= 15 is 0 Å². The number of hydrazine groups is 1. The summed E-state index contributed by atoms with van der Waals surface area (Å²) in [7, 11) is 0. The third-order valence-electron chi connectivity index (χ3n) is 5.20. The standard InChI is InChI=1S/C19H27Cl2N5OS/c20-14-6-7-17(16(21)12-14)22-19(28)24-23-18(27)13-25-8-10-26(11-9-25)15-4-2-1-3-5-15/h1-5,14,16-17H,6-13H2,(H,23,27)(H2,22,24,28). The van der Waals surface area contributed by atoms with Gasteiger partial charge >= 0.3 is 0 Å². The van der Waals surface area contributed by atoms with E-state index in [0.717, 1.165) is 45.4 Å². The Balaban J connectivity index is 1.33. The van der Waals surface area contributed by atoms with Gasteiger partial charge in [-0.15, -0.1) is 23.2 Å². The van der Waals surface area contributed by atoms with Gasteiger partial charge in [0.2, 0.25) is 0 Å². The van der Waals surface area contributed by atoms with Gasteiger partial charge in [-0.25, -0.2) is 0 Å². The molecular formula is C19H27Cl2N5OS. The number of hydrogen-bond acceptors (Lipinski definition) is 4. The van der Waals surface area contributed by atoms with Crippen LogP contribution in [0.3, 0.4) is 0 Å². The second-order valence-electron chi connectivity index (χ2n) is 7.28. The van der Waals surface area contributed by atoms with Gasteiger partial charge in [0, 0.05) is 43.3 Å². The summed E-state index contributed by atoms with van der Waals surface area (Å²) >= 11 is 17.7. The summed E-state index contributed by atoms with van der Waals surface area (Å²) in [5.41, 5.74) is 6.67. The number of carbonyl (C=O) groups is 1. The summed E-state index contributed by atoms with van der Waals surface area (Å²) in [6.07, 6.45) is 2.53. The summed E-state index contributed by atoms with van der Waals surface area (Å²) in [5.74, 6) is -0.107. The highest BCUT2D eigenvalue weighted by atomic mass is 35.5. The fourth-order valence-electron chi connectivity index (χ4n) is 3.61.